The third kappa shape index (κ3) is 2.24. The summed E-state index contributed by atoms with van der Waals surface area (Å²) in [7, 11) is 1.51. The minimum absolute atomic E-state index is 0.0116. The van der Waals surface area contributed by atoms with E-state index in [-0.39, 0.29) is 10.8 Å². The van der Waals surface area contributed by atoms with Crippen LogP contribution >= 0.6 is 23.2 Å². The zero-order valence-electron chi connectivity index (χ0n) is 12.0. The van der Waals surface area contributed by atoms with E-state index in [0.717, 1.165) is 0 Å². The summed E-state index contributed by atoms with van der Waals surface area (Å²) in [5.41, 5.74) is -0.505. The number of carbonyl (C=O) groups is 2. The topological polar surface area (TPSA) is 69.6 Å². The van der Waals surface area contributed by atoms with Gasteiger partial charge in [0.1, 0.15) is 5.75 Å². The van der Waals surface area contributed by atoms with Gasteiger partial charge < -0.3 is 10.0 Å². The van der Waals surface area contributed by atoms with Gasteiger partial charge in [0, 0.05) is 7.05 Å². The molecule has 0 bridgehead atoms. The van der Waals surface area contributed by atoms with E-state index in [1.165, 1.54) is 24.1 Å². The highest BCUT2D eigenvalue weighted by atomic mass is 35.5. The van der Waals surface area contributed by atoms with Crippen LogP contribution < -0.4 is 5.32 Å². The number of urea groups is 1. The lowest BCUT2D eigenvalue weighted by atomic mass is 9.81. The summed E-state index contributed by atoms with van der Waals surface area (Å²) in [6.45, 7) is 0. The molecule has 1 fully saturated rings. The molecule has 118 valence electrons. The van der Waals surface area contributed by atoms with Crippen molar-refractivity contribution in [3.8, 4) is 5.75 Å². The lowest BCUT2D eigenvalue weighted by Gasteiger charge is -2.34. The zero-order chi connectivity index (χ0) is 16.8. The Labute approximate surface area is 142 Å². The van der Waals surface area contributed by atoms with E-state index < -0.39 is 17.5 Å². The van der Waals surface area contributed by atoms with Crippen LogP contribution in [0.25, 0.3) is 0 Å². The van der Waals surface area contributed by atoms with Crippen LogP contribution in [0.4, 0.5) is 4.79 Å². The molecule has 0 radical (unpaired) electrons. The van der Waals surface area contributed by atoms with Crippen LogP contribution in [0.2, 0.25) is 10.0 Å². The van der Waals surface area contributed by atoms with Crippen molar-refractivity contribution in [2.45, 2.75) is 5.54 Å². The standard InChI is InChI=1S/C16H12Cl2N2O3/c1-20-15(23)19-14(22)16(20,9-3-2-4-11(21)7-9)10-5-6-12(17)13(18)8-10/h2-8,21H,1H3,(H,19,22,23). The van der Waals surface area contributed by atoms with E-state index in [0.29, 0.717) is 16.1 Å². The van der Waals surface area contributed by atoms with Crippen LogP contribution in [-0.2, 0) is 10.3 Å². The molecular formula is C16H12Cl2N2O3. The molecule has 3 amide bonds. The highest BCUT2D eigenvalue weighted by Gasteiger charge is 2.54. The largest absolute Gasteiger partial charge is 0.508 e. The first kappa shape index (κ1) is 15.6. The van der Waals surface area contributed by atoms with Gasteiger partial charge in [-0.25, -0.2) is 4.79 Å². The number of phenolic OH excluding ortho intramolecular Hbond substituents is 1. The van der Waals surface area contributed by atoms with Crippen molar-refractivity contribution < 1.29 is 14.7 Å². The maximum atomic E-state index is 12.7. The van der Waals surface area contributed by atoms with E-state index in [1.54, 1.807) is 30.3 Å². The summed E-state index contributed by atoms with van der Waals surface area (Å²) in [5.74, 6) is -0.531. The van der Waals surface area contributed by atoms with E-state index in [9.17, 15) is 14.7 Å². The Morgan fingerprint density at radius 2 is 1.74 bits per heavy atom. The van der Waals surface area contributed by atoms with Crippen molar-refractivity contribution in [1.29, 1.82) is 0 Å². The number of imide groups is 1. The van der Waals surface area contributed by atoms with Crippen molar-refractivity contribution >= 4 is 35.1 Å². The van der Waals surface area contributed by atoms with Gasteiger partial charge in [-0.15, -0.1) is 0 Å². The summed E-state index contributed by atoms with van der Waals surface area (Å²) < 4.78 is 0. The second-order valence-corrected chi connectivity index (χ2v) is 6.02. The Morgan fingerprint density at radius 1 is 1.04 bits per heavy atom. The Balaban J connectivity index is 2.33. The van der Waals surface area contributed by atoms with Gasteiger partial charge in [0.2, 0.25) is 0 Å². The minimum atomic E-state index is -1.43. The normalized spacial score (nSPS) is 20.7. The quantitative estimate of drug-likeness (QED) is 0.817. The second-order valence-electron chi connectivity index (χ2n) is 5.21. The number of likely N-dealkylation sites (N-methyl/N-ethyl adjacent to an activating group) is 1. The molecular weight excluding hydrogens is 339 g/mol. The summed E-state index contributed by atoms with van der Waals surface area (Å²) >= 11 is 12.0. The monoisotopic (exact) mass is 350 g/mol. The SMILES string of the molecule is CN1C(=O)NC(=O)C1(c1cccc(O)c1)c1ccc(Cl)c(Cl)c1. The fourth-order valence-corrected chi connectivity index (χ4v) is 3.14. The molecule has 1 aliphatic rings. The molecule has 2 aromatic carbocycles. The number of hydrogen-bond acceptors (Lipinski definition) is 3. The van der Waals surface area contributed by atoms with Crippen LogP contribution in [0.15, 0.2) is 42.5 Å². The first-order valence-electron chi connectivity index (χ1n) is 6.71. The van der Waals surface area contributed by atoms with Gasteiger partial charge >= 0.3 is 6.03 Å². The Bertz CT molecular complexity index is 825. The number of halogens is 2. The molecule has 1 saturated heterocycles. The fourth-order valence-electron chi connectivity index (χ4n) is 2.84. The van der Waals surface area contributed by atoms with Gasteiger partial charge in [-0.1, -0.05) is 41.4 Å². The van der Waals surface area contributed by atoms with Crippen molar-refractivity contribution in [2.24, 2.45) is 0 Å². The molecule has 2 aromatic rings. The molecule has 5 nitrogen and oxygen atoms in total. The predicted molar refractivity (Wildman–Crippen MR) is 86.7 cm³/mol. The molecule has 0 saturated carbocycles. The Hall–Kier alpha value is -2.24. The molecule has 0 spiro atoms. The average molecular weight is 351 g/mol. The highest BCUT2D eigenvalue weighted by Crippen LogP contribution is 2.41. The zero-order valence-corrected chi connectivity index (χ0v) is 13.5. The number of rotatable bonds is 2. The first-order chi connectivity index (χ1) is 10.9. The maximum absolute atomic E-state index is 12.7. The number of benzene rings is 2. The van der Waals surface area contributed by atoms with Crippen LogP contribution in [-0.4, -0.2) is 29.0 Å². The van der Waals surface area contributed by atoms with Crippen molar-refractivity contribution in [3.05, 3.63) is 63.6 Å². The number of amides is 3. The summed E-state index contributed by atoms with van der Waals surface area (Å²) in [5, 5.41) is 12.7. The van der Waals surface area contributed by atoms with Gasteiger partial charge in [-0.2, -0.15) is 0 Å². The molecule has 0 aliphatic carbocycles. The average Bonchev–Trinajstić information content (AvgIpc) is 2.73. The van der Waals surface area contributed by atoms with Crippen LogP contribution in [0.3, 0.4) is 0 Å². The highest BCUT2D eigenvalue weighted by molar-refractivity contribution is 6.42. The van der Waals surface area contributed by atoms with E-state index in [1.807, 2.05) is 0 Å². The van der Waals surface area contributed by atoms with Gasteiger partial charge in [0.05, 0.1) is 10.0 Å². The molecule has 2 N–H and O–H groups in total. The summed E-state index contributed by atoms with van der Waals surface area (Å²) in [4.78, 5) is 26.0. The van der Waals surface area contributed by atoms with Gasteiger partial charge in [-0.3, -0.25) is 10.1 Å². The number of hydrogen-bond donors (Lipinski definition) is 2. The van der Waals surface area contributed by atoms with E-state index >= 15 is 0 Å². The molecule has 1 aliphatic heterocycles. The Kier molecular flexibility index (Phi) is 3.70. The van der Waals surface area contributed by atoms with E-state index in [2.05, 4.69) is 5.32 Å². The minimum Gasteiger partial charge on any atom is -0.508 e. The molecule has 1 unspecified atom stereocenters. The number of aromatic hydroxyl groups is 1. The van der Waals surface area contributed by atoms with Crippen LogP contribution in [0.1, 0.15) is 11.1 Å². The third-order valence-corrected chi connectivity index (χ3v) is 4.70. The van der Waals surface area contributed by atoms with Crippen molar-refractivity contribution in [3.63, 3.8) is 0 Å². The molecule has 1 heterocycles. The van der Waals surface area contributed by atoms with Gasteiger partial charge in [0.15, 0.2) is 5.54 Å². The molecule has 3 rings (SSSR count). The van der Waals surface area contributed by atoms with Crippen molar-refractivity contribution in [2.75, 3.05) is 7.05 Å². The Morgan fingerprint density at radius 3 is 2.30 bits per heavy atom. The van der Waals surface area contributed by atoms with E-state index in [4.69, 9.17) is 23.2 Å². The fraction of sp³-hybridized carbons (Fsp3) is 0.125. The van der Waals surface area contributed by atoms with Gasteiger partial charge in [0.25, 0.3) is 5.91 Å². The summed E-state index contributed by atoms with van der Waals surface area (Å²) in [6.07, 6.45) is 0. The molecule has 1 atom stereocenters. The predicted octanol–water partition coefficient (Wildman–Crippen LogP) is 3.12. The first-order valence-corrected chi connectivity index (χ1v) is 7.47. The van der Waals surface area contributed by atoms with Gasteiger partial charge in [-0.05, 0) is 35.4 Å². The summed E-state index contributed by atoms with van der Waals surface area (Å²) in [6, 6.07) is 10.4. The number of carbonyl (C=O) groups excluding carboxylic acids is 2. The van der Waals surface area contributed by atoms with Crippen molar-refractivity contribution in [1.82, 2.24) is 10.2 Å². The lowest BCUT2D eigenvalue weighted by Crippen LogP contribution is -2.45. The number of phenols is 1. The lowest BCUT2D eigenvalue weighted by molar-refractivity contribution is -0.124. The maximum Gasteiger partial charge on any atom is 0.325 e. The van der Waals surface area contributed by atoms with Crippen LogP contribution in [0.5, 0.6) is 5.75 Å². The molecule has 7 heteroatoms. The molecule has 0 aromatic heterocycles. The molecule has 23 heavy (non-hydrogen) atoms. The number of nitrogens with zero attached hydrogens (tertiary/aromatic N) is 1. The second kappa shape index (κ2) is 5.44. The third-order valence-electron chi connectivity index (χ3n) is 3.96. The van der Waals surface area contributed by atoms with Crippen LogP contribution in [0, 0.1) is 0 Å². The number of nitrogens with one attached hydrogen (secondary N) is 1. The smallest absolute Gasteiger partial charge is 0.325 e.